The molecule has 6 rings (SSSR count). The summed E-state index contributed by atoms with van der Waals surface area (Å²) in [6.45, 7) is 10.1. The van der Waals surface area contributed by atoms with Gasteiger partial charge in [-0.3, -0.25) is 5.10 Å². The zero-order valence-electron chi connectivity index (χ0n) is 19.4. The fourth-order valence-corrected chi connectivity index (χ4v) is 5.07. The highest BCUT2D eigenvalue weighted by Crippen LogP contribution is 2.40. The average Bonchev–Trinajstić information content (AvgIpc) is 3.42. The number of ether oxygens (including phenoxy) is 1. The van der Waals surface area contributed by atoms with Crippen molar-refractivity contribution < 1.29 is 4.74 Å². The summed E-state index contributed by atoms with van der Waals surface area (Å²) in [5.41, 5.74) is 2.72. The molecule has 0 bridgehead atoms. The molecule has 1 aromatic carbocycles. The van der Waals surface area contributed by atoms with Gasteiger partial charge in [0.25, 0.3) is 0 Å². The molecular weight excluding hydrogens is 414 g/mol. The SMILES string of the molecule is CC1(Oc2ccc3n[nH]c(-c4cc(N5CCC(CN6CCNCC6)CC5)ncn4)c3c2)CC1. The van der Waals surface area contributed by atoms with Crippen LogP contribution in [0.2, 0.25) is 0 Å². The Morgan fingerprint density at radius 3 is 2.67 bits per heavy atom. The normalized spacial score (nSPS) is 21.4. The van der Waals surface area contributed by atoms with Gasteiger partial charge in [0, 0.05) is 57.3 Å². The second kappa shape index (κ2) is 8.57. The topological polar surface area (TPSA) is 82.2 Å². The van der Waals surface area contributed by atoms with E-state index in [4.69, 9.17) is 4.74 Å². The van der Waals surface area contributed by atoms with Crippen LogP contribution in [-0.4, -0.2) is 76.5 Å². The fraction of sp³-hybridized carbons (Fsp3) is 0.560. The number of anilines is 1. The molecule has 2 N–H and O–H groups in total. The molecule has 2 saturated heterocycles. The van der Waals surface area contributed by atoms with Crippen molar-refractivity contribution in [3.63, 3.8) is 0 Å². The van der Waals surface area contributed by atoms with Gasteiger partial charge >= 0.3 is 0 Å². The van der Waals surface area contributed by atoms with Crippen molar-refractivity contribution in [2.45, 2.75) is 38.2 Å². The predicted molar refractivity (Wildman–Crippen MR) is 130 cm³/mol. The Bertz CT molecular complexity index is 1110. The lowest BCUT2D eigenvalue weighted by atomic mass is 9.96. The van der Waals surface area contributed by atoms with E-state index in [1.54, 1.807) is 6.33 Å². The maximum atomic E-state index is 6.17. The number of fused-ring (bicyclic) bond motifs is 1. The first-order valence-corrected chi connectivity index (χ1v) is 12.3. The molecule has 2 aromatic heterocycles. The number of nitrogens with one attached hydrogen (secondary N) is 2. The molecule has 33 heavy (non-hydrogen) atoms. The summed E-state index contributed by atoms with van der Waals surface area (Å²) in [5, 5.41) is 12.2. The zero-order chi connectivity index (χ0) is 22.3. The van der Waals surface area contributed by atoms with E-state index >= 15 is 0 Å². The number of nitrogens with zero attached hydrogens (tertiary/aromatic N) is 5. The van der Waals surface area contributed by atoms with E-state index in [2.05, 4.69) is 54.3 Å². The van der Waals surface area contributed by atoms with Gasteiger partial charge in [-0.05, 0) is 56.7 Å². The predicted octanol–water partition coefficient (Wildman–Crippen LogP) is 3.07. The third-order valence-corrected chi connectivity index (χ3v) is 7.42. The number of aromatic nitrogens is 4. The van der Waals surface area contributed by atoms with Gasteiger partial charge in [-0.2, -0.15) is 5.10 Å². The van der Waals surface area contributed by atoms with Gasteiger partial charge in [0.15, 0.2) is 0 Å². The molecular formula is C25H33N7O. The Labute approximate surface area is 194 Å². The molecule has 3 aromatic rings. The van der Waals surface area contributed by atoms with Crippen molar-refractivity contribution in [1.29, 1.82) is 0 Å². The smallest absolute Gasteiger partial charge is 0.132 e. The van der Waals surface area contributed by atoms with Crippen LogP contribution in [0.1, 0.15) is 32.6 Å². The van der Waals surface area contributed by atoms with Crippen LogP contribution in [0, 0.1) is 5.92 Å². The van der Waals surface area contributed by atoms with Crippen molar-refractivity contribution in [2.24, 2.45) is 5.92 Å². The van der Waals surface area contributed by atoms with E-state index in [9.17, 15) is 0 Å². The minimum absolute atomic E-state index is 0.00330. The molecule has 0 unspecified atom stereocenters. The lowest BCUT2D eigenvalue weighted by Crippen LogP contribution is -2.47. The highest BCUT2D eigenvalue weighted by molar-refractivity contribution is 5.93. The van der Waals surface area contributed by atoms with E-state index < -0.39 is 0 Å². The molecule has 8 nitrogen and oxygen atoms in total. The Balaban J connectivity index is 1.16. The Kier molecular flexibility index (Phi) is 5.42. The molecule has 0 spiro atoms. The number of benzene rings is 1. The van der Waals surface area contributed by atoms with Crippen LogP contribution in [0.15, 0.2) is 30.6 Å². The number of H-pyrrole nitrogens is 1. The average molecular weight is 448 g/mol. The van der Waals surface area contributed by atoms with Crippen LogP contribution in [0.3, 0.4) is 0 Å². The van der Waals surface area contributed by atoms with Gasteiger partial charge in [-0.25, -0.2) is 9.97 Å². The number of hydrogen-bond acceptors (Lipinski definition) is 7. The van der Waals surface area contributed by atoms with E-state index in [0.29, 0.717) is 0 Å². The Hall–Kier alpha value is -2.71. The molecule has 0 amide bonds. The first kappa shape index (κ1) is 20.9. The summed E-state index contributed by atoms with van der Waals surface area (Å²) in [6.07, 6.45) is 6.34. The standard InChI is InChI=1S/C25H33N7O/c1-25(6-7-25)33-19-2-3-21-20(14-19)24(30-29-21)22-15-23(28-17-27-22)32-10-4-18(5-11-32)16-31-12-8-26-9-13-31/h2-3,14-15,17-18,26H,4-13,16H2,1H3,(H,29,30). The first-order valence-electron chi connectivity index (χ1n) is 12.3. The molecule has 2 aliphatic heterocycles. The summed E-state index contributed by atoms with van der Waals surface area (Å²) < 4.78 is 6.17. The van der Waals surface area contributed by atoms with Crippen LogP contribution >= 0.6 is 0 Å². The van der Waals surface area contributed by atoms with Gasteiger partial charge in [0.05, 0.1) is 16.9 Å². The molecule has 3 fully saturated rings. The second-order valence-electron chi connectivity index (χ2n) is 10.1. The van der Waals surface area contributed by atoms with Gasteiger partial charge < -0.3 is 19.9 Å². The third-order valence-electron chi connectivity index (χ3n) is 7.42. The highest BCUT2D eigenvalue weighted by atomic mass is 16.5. The molecule has 174 valence electrons. The van der Waals surface area contributed by atoms with Crippen LogP contribution < -0.4 is 15.0 Å². The lowest BCUT2D eigenvalue weighted by Gasteiger charge is -2.36. The Morgan fingerprint density at radius 1 is 1.06 bits per heavy atom. The molecule has 0 atom stereocenters. The zero-order valence-corrected chi connectivity index (χ0v) is 19.4. The summed E-state index contributed by atoms with van der Waals surface area (Å²) >= 11 is 0. The molecule has 8 heteroatoms. The van der Waals surface area contributed by atoms with Gasteiger partial charge in [0.1, 0.15) is 23.5 Å². The van der Waals surface area contributed by atoms with Crippen molar-refractivity contribution in [3.05, 3.63) is 30.6 Å². The van der Waals surface area contributed by atoms with Crippen LogP contribution in [-0.2, 0) is 0 Å². The van der Waals surface area contributed by atoms with Crippen molar-refractivity contribution in [1.82, 2.24) is 30.4 Å². The van der Waals surface area contributed by atoms with E-state index in [1.165, 1.54) is 32.5 Å². The number of piperidine rings is 1. The van der Waals surface area contributed by atoms with Crippen LogP contribution in [0.25, 0.3) is 22.3 Å². The van der Waals surface area contributed by atoms with Crippen molar-refractivity contribution in [3.8, 4) is 17.1 Å². The summed E-state index contributed by atoms with van der Waals surface area (Å²) in [7, 11) is 0. The second-order valence-corrected chi connectivity index (χ2v) is 10.1. The third kappa shape index (κ3) is 4.54. The molecule has 1 aliphatic carbocycles. The minimum Gasteiger partial charge on any atom is -0.488 e. The van der Waals surface area contributed by atoms with Crippen molar-refractivity contribution in [2.75, 3.05) is 50.7 Å². The minimum atomic E-state index is -0.00330. The van der Waals surface area contributed by atoms with Gasteiger partial charge in [-0.15, -0.1) is 0 Å². The van der Waals surface area contributed by atoms with Gasteiger partial charge in [0.2, 0.25) is 0 Å². The number of aromatic amines is 1. The maximum Gasteiger partial charge on any atom is 0.132 e. The number of piperazine rings is 1. The van der Waals surface area contributed by atoms with Crippen LogP contribution in [0.5, 0.6) is 5.75 Å². The number of rotatable bonds is 6. The fourth-order valence-electron chi connectivity index (χ4n) is 5.07. The van der Waals surface area contributed by atoms with Gasteiger partial charge in [-0.1, -0.05) is 0 Å². The highest BCUT2D eigenvalue weighted by Gasteiger charge is 2.40. The first-order chi connectivity index (χ1) is 16.2. The molecule has 4 heterocycles. The summed E-state index contributed by atoms with van der Waals surface area (Å²) in [4.78, 5) is 14.2. The molecule has 3 aliphatic rings. The van der Waals surface area contributed by atoms with E-state index in [-0.39, 0.29) is 5.60 Å². The van der Waals surface area contributed by atoms with E-state index in [0.717, 1.165) is 78.8 Å². The maximum absolute atomic E-state index is 6.17. The summed E-state index contributed by atoms with van der Waals surface area (Å²) in [5.74, 6) is 2.68. The monoisotopic (exact) mass is 447 g/mol. The lowest BCUT2D eigenvalue weighted by molar-refractivity contribution is 0.190. The van der Waals surface area contributed by atoms with E-state index in [1.807, 2.05) is 12.1 Å². The van der Waals surface area contributed by atoms with Crippen molar-refractivity contribution >= 4 is 16.7 Å². The largest absolute Gasteiger partial charge is 0.488 e. The number of hydrogen-bond donors (Lipinski definition) is 2. The molecule has 1 saturated carbocycles. The summed E-state index contributed by atoms with van der Waals surface area (Å²) in [6, 6.07) is 8.20. The Morgan fingerprint density at radius 2 is 1.88 bits per heavy atom. The molecule has 0 radical (unpaired) electrons. The quantitative estimate of drug-likeness (QED) is 0.601. The van der Waals surface area contributed by atoms with Crippen LogP contribution in [0.4, 0.5) is 5.82 Å².